The van der Waals surface area contributed by atoms with Crippen molar-refractivity contribution in [1.29, 1.82) is 0 Å². The van der Waals surface area contributed by atoms with E-state index in [0.29, 0.717) is 21.8 Å². The van der Waals surface area contributed by atoms with E-state index in [-0.39, 0.29) is 18.3 Å². The predicted octanol–water partition coefficient (Wildman–Crippen LogP) is 4.65. The van der Waals surface area contributed by atoms with Gasteiger partial charge in [-0.1, -0.05) is 35.5 Å². The van der Waals surface area contributed by atoms with Gasteiger partial charge in [0, 0.05) is 10.7 Å². The summed E-state index contributed by atoms with van der Waals surface area (Å²) in [6.07, 6.45) is 0. The van der Waals surface area contributed by atoms with Crippen molar-refractivity contribution in [2.45, 2.75) is 25.7 Å². The molecule has 3 rings (SSSR count). The molecule has 1 N–H and O–H groups in total. The Labute approximate surface area is 166 Å². The minimum atomic E-state index is -0.187. The zero-order chi connectivity index (χ0) is 19.2. The number of anilines is 1. The van der Waals surface area contributed by atoms with Gasteiger partial charge in [-0.05, 0) is 55.3 Å². The minimum absolute atomic E-state index is 0.145. The van der Waals surface area contributed by atoms with Crippen LogP contribution in [0.2, 0.25) is 5.02 Å². The van der Waals surface area contributed by atoms with Gasteiger partial charge in [0.15, 0.2) is 6.61 Å². The zero-order valence-corrected chi connectivity index (χ0v) is 16.4. The smallest absolute Gasteiger partial charge is 0.277 e. The molecule has 140 valence electrons. The third kappa shape index (κ3) is 6.01. The van der Waals surface area contributed by atoms with Gasteiger partial charge in [-0.25, -0.2) is 0 Å². The molecule has 1 aromatic heterocycles. The van der Waals surface area contributed by atoms with E-state index >= 15 is 0 Å². The van der Waals surface area contributed by atoms with Crippen LogP contribution < -0.4 is 10.1 Å². The fourth-order valence-electron chi connectivity index (χ4n) is 2.41. The fourth-order valence-corrected chi connectivity index (χ4v) is 3.18. The molecule has 0 fully saturated rings. The number of nitrogens with one attached hydrogen (secondary N) is 1. The lowest BCUT2D eigenvalue weighted by Crippen LogP contribution is -2.13. The first-order valence-corrected chi connectivity index (χ1v) is 9.56. The molecule has 0 aliphatic rings. The summed E-state index contributed by atoms with van der Waals surface area (Å²) in [7, 11) is 0. The molecule has 8 heteroatoms. The van der Waals surface area contributed by atoms with Crippen molar-refractivity contribution >= 4 is 35.0 Å². The summed E-state index contributed by atoms with van der Waals surface area (Å²) in [6, 6.07) is 12.9. The maximum atomic E-state index is 12.0. The van der Waals surface area contributed by atoms with Crippen LogP contribution in [0, 0.1) is 13.8 Å². The zero-order valence-electron chi connectivity index (χ0n) is 14.9. The van der Waals surface area contributed by atoms with Crippen LogP contribution in [0.15, 0.2) is 52.1 Å². The molecule has 0 aliphatic carbocycles. The van der Waals surface area contributed by atoms with Gasteiger partial charge in [0.1, 0.15) is 5.75 Å². The van der Waals surface area contributed by atoms with Crippen molar-refractivity contribution in [2.75, 3.05) is 11.1 Å². The van der Waals surface area contributed by atoms with E-state index in [1.54, 1.807) is 24.3 Å². The van der Waals surface area contributed by atoms with Crippen molar-refractivity contribution in [1.82, 2.24) is 10.2 Å². The van der Waals surface area contributed by atoms with Crippen LogP contribution in [0.3, 0.4) is 0 Å². The second kappa shape index (κ2) is 8.92. The molecule has 0 aliphatic heterocycles. The van der Waals surface area contributed by atoms with Crippen molar-refractivity contribution in [3.8, 4) is 5.75 Å². The number of nitrogens with zero attached hydrogens (tertiary/aromatic N) is 2. The molecule has 0 saturated carbocycles. The van der Waals surface area contributed by atoms with Gasteiger partial charge in [0.25, 0.3) is 11.1 Å². The van der Waals surface area contributed by atoms with E-state index in [1.807, 2.05) is 26.0 Å². The Morgan fingerprint density at radius 3 is 2.70 bits per heavy atom. The molecule has 0 radical (unpaired) electrons. The van der Waals surface area contributed by atoms with E-state index in [2.05, 4.69) is 21.6 Å². The van der Waals surface area contributed by atoms with Gasteiger partial charge in [-0.3, -0.25) is 4.79 Å². The average molecular weight is 404 g/mol. The third-order valence-electron chi connectivity index (χ3n) is 3.44. The van der Waals surface area contributed by atoms with Crippen LogP contribution in [0.4, 0.5) is 5.69 Å². The molecular formula is C19H18ClN3O3S. The number of halogens is 1. The number of carbonyl (C=O) groups excluding carboxylic acids is 1. The van der Waals surface area contributed by atoms with Gasteiger partial charge in [-0.2, -0.15) is 0 Å². The van der Waals surface area contributed by atoms with Crippen LogP contribution in [0.5, 0.6) is 5.75 Å². The summed E-state index contributed by atoms with van der Waals surface area (Å²) in [4.78, 5) is 12.0. The molecule has 1 heterocycles. The molecule has 6 nitrogen and oxygen atoms in total. The van der Waals surface area contributed by atoms with Crippen LogP contribution in [0.1, 0.15) is 17.0 Å². The van der Waals surface area contributed by atoms with Crippen LogP contribution in [-0.2, 0) is 11.4 Å². The SMILES string of the molecule is Cc1cc(C)cc(OCc2nnc(SCC(=O)Nc3cccc(Cl)c3)o2)c1. The molecule has 0 unspecified atom stereocenters. The van der Waals surface area contributed by atoms with Crippen molar-refractivity contribution in [3.63, 3.8) is 0 Å². The Kier molecular flexibility index (Phi) is 6.36. The molecule has 1 amide bonds. The largest absolute Gasteiger partial charge is 0.484 e. The second-order valence-electron chi connectivity index (χ2n) is 5.92. The van der Waals surface area contributed by atoms with E-state index < -0.39 is 0 Å². The standard InChI is InChI=1S/C19H18ClN3O3S/c1-12-6-13(2)8-16(7-12)25-10-18-22-23-19(26-18)27-11-17(24)21-15-5-3-4-14(20)9-15/h3-9H,10-11H2,1-2H3,(H,21,24). The van der Waals surface area contributed by atoms with Gasteiger partial charge in [0.2, 0.25) is 5.91 Å². The minimum Gasteiger partial charge on any atom is -0.484 e. The highest BCUT2D eigenvalue weighted by Crippen LogP contribution is 2.20. The monoisotopic (exact) mass is 403 g/mol. The Morgan fingerprint density at radius 2 is 1.96 bits per heavy atom. The fraction of sp³-hybridized carbons (Fsp3) is 0.211. The first-order chi connectivity index (χ1) is 13.0. The molecule has 3 aromatic rings. The average Bonchev–Trinajstić information content (AvgIpc) is 3.05. The lowest BCUT2D eigenvalue weighted by Gasteiger charge is -2.05. The molecule has 0 spiro atoms. The normalized spacial score (nSPS) is 10.6. The molecule has 0 atom stereocenters. The first kappa shape index (κ1) is 19.3. The van der Waals surface area contributed by atoms with Crippen LogP contribution >= 0.6 is 23.4 Å². The number of ether oxygens (including phenoxy) is 1. The molecule has 2 aromatic carbocycles. The van der Waals surface area contributed by atoms with E-state index in [9.17, 15) is 4.79 Å². The highest BCUT2D eigenvalue weighted by atomic mass is 35.5. The number of carbonyl (C=O) groups is 1. The highest BCUT2D eigenvalue weighted by molar-refractivity contribution is 7.99. The Balaban J connectivity index is 1.48. The lowest BCUT2D eigenvalue weighted by molar-refractivity contribution is -0.113. The van der Waals surface area contributed by atoms with Crippen LogP contribution in [0.25, 0.3) is 0 Å². The van der Waals surface area contributed by atoms with Gasteiger partial charge in [-0.15, -0.1) is 10.2 Å². The highest BCUT2D eigenvalue weighted by Gasteiger charge is 2.11. The number of aromatic nitrogens is 2. The molecule has 0 saturated heterocycles. The summed E-state index contributed by atoms with van der Waals surface area (Å²) in [6.45, 7) is 4.19. The summed E-state index contributed by atoms with van der Waals surface area (Å²) in [5.41, 5.74) is 2.89. The summed E-state index contributed by atoms with van der Waals surface area (Å²) < 4.78 is 11.2. The number of thioether (sulfide) groups is 1. The van der Waals surface area contributed by atoms with Crippen LogP contribution in [-0.4, -0.2) is 21.9 Å². The van der Waals surface area contributed by atoms with Crippen molar-refractivity contribution in [2.24, 2.45) is 0 Å². The topological polar surface area (TPSA) is 77.2 Å². The van der Waals surface area contributed by atoms with Crippen molar-refractivity contribution in [3.05, 3.63) is 64.5 Å². The Hall–Kier alpha value is -2.51. The maximum Gasteiger partial charge on any atom is 0.277 e. The number of benzene rings is 2. The third-order valence-corrected chi connectivity index (χ3v) is 4.49. The maximum absolute atomic E-state index is 12.0. The number of amides is 1. The molecule has 0 bridgehead atoms. The Bertz CT molecular complexity index is 925. The number of hydrogen-bond acceptors (Lipinski definition) is 6. The summed E-state index contributed by atoms with van der Waals surface area (Å²) in [5, 5.41) is 11.5. The molecular weight excluding hydrogens is 386 g/mol. The van der Waals surface area contributed by atoms with Gasteiger partial charge in [0.05, 0.1) is 5.75 Å². The lowest BCUT2D eigenvalue weighted by atomic mass is 10.1. The second-order valence-corrected chi connectivity index (χ2v) is 7.28. The first-order valence-electron chi connectivity index (χ1n) is 8.19. The number of rotatable bonds is 7. The van der Waals surface area contributed by atoms with Gasteiger partial charge < -0.3 is 14.5 Å². The predicted molar refractivity (Wildman–Crippen MR) is 105 cm³/mol. The van der Waals surface area contributed by atoms with E-state index in [4.69, 9.17) is 20.8 Å². The summed E-state index contributed by atoms with van der Waals surface area (Å²) >= 11 is 7.05. The number of hydrogen-bond donors (Lipinski definition) is 1. The Morgan fingerprint density at radius 1 is 1.19 bits per heavy atom. The van der Waals surface area contributed by atoms with E-state index in [0.717, 1.165) is 28.6 Å². The summed E-state index contributed by atoms with van der Waals surface area (Å²) in [5.74, 6) is 1.06. The van der Waals surface area contributed by atoms with E-state index in [1.165, 1.54) is 0 Å². The quantitative estimate of drug-likeness (QED) is 0.578. The molecule has 27 heavy (non-hydrogen) atoms. The number of aryl methyl sites for hydroxylation is 2. The van der Waals surface area contributed by atoms with Crippen molar-refractivity contribution < 1.29 is 13.9 Å². The van der Waals surface area contributed by atoms with Gasteiger partial charge >= 0.3 is 0 Å².